The summed E-state index contributed by atoms with van der Waals surface area (Å²) in [6.07, 6.45) is 3.28. The highest BCUT2D eigenvalue weighted by molar-refractivity contribution is 5.76. The van der Waals surface area contributed by atoms with Crippen LogP contribution in [0.25, 0.3) is 11.1 Å². The van der Waals surface area contributed by atoms with Crippen LogP contribution in [0.3, 0.4) is 0 Å². The number of nitrogens with two attached hydrogens (primary N) is 2. The lowest BCUT2D eigenvalue weighted by Gasteiger charge is -2.10. The molecule has 82 valence electrons. The average Bonchev–Trinajstić information content (AvgIpc) is 2.30. The van der Waals surface area contributed by atoms with Gasteiger partial charge >= 0.3 is 0 Å². The van der Waals surface area contributed by atoms with Gasteiger partial charge in [-0.2, -0.15) is 0 Å². The van der Waals surface area contributed by atoms with Gasteiger partial charge in [-0.1, -0.05) is 12.1 Å². The van der Waals surface area contributed by atoms with Crippen molar-refractivity contribution in [2.45, 2.75) is 0 Å². The Kier molecular flexibility index (Phi) is 2.59. The summed E-state index contributed by atoms with van der Waals surface area (Å²) in [6.45, 7) is 0. The Hall–Kier alpha value is -2.30. The maximum absolute atomic E-state index is 5.81. The molecular weight excluding hydrogens is 204 g/mol. The van der Waals surface area contributed by atoms with Crippen LogP contribution in [-0.2, 0) is 0 Å². The first-order valence-corrected chi connectivity index (χ1v) is 4.72. The highest BCUT2D eigenvalue weighted by Crippen LogP contribution is 2.33. The summed E-state index contributed by atoms with van der Waals surface area (Å²) < 4.78 is 5.25. The van der Waals surface area contributed by atoms with Crippen molar-refractivity contribution in [3.8, 4) is 16.9 Å². The minimum absolute atomic E-state index is 0.242. The van der Waals surface area contributed by atoms with E-state index in [1.165, 1.54) is 0 Å². The second-order valence-electron chi connectivity index (χ2n) is 3.26. The maximum Gasteiger partial charge on any atom is 0.219 e. The van der Waals surface area contributed by atoms with Crippen molar-refractivity contribution in [3.63, 3.8) is 0 Å². The van der Waals surface area contributed by atoms with Crippen molar-refractivity contribution in [1.82, 2.24) is 9.97 Å². The first kappa shape index (κ1) is 10.2. The first-order chi connectivity index (χ1) is 7.72. The van der Waals surface area contributed by atoms with Gasteiger partial charge in [-0.05, 0) is 6.07 Å². The molecule has 1 heterocycles. The fraction of sp³-hybridized carbons (Fsp3) is 0.0909. The lowest BCUT2D eigenvalue weighted by molar-refractivity contribution is 0.418. The predicted octanol–water partition coefficient (Wildman–Crippen LogP) is 1.32. The Morgan fingerprint density at radius 3 is 2.44 bits per heavy atom. The summed E-state index contributed by atoms with van der Waals surface area (Å²) in [5.74, 6) is 0.863. The first-order valence-electron chi connectivity index (χ1n) is 4.72. The third kappa shape index (κ3) is 1.75. The van der Waals surface area contributed by atoms with Gasteiger partial charge in [0.2, 0.25) is 5.95 Å². The number of para-hydroxylation sites is 1. The number of rotatable bonds is 2. The number of hydrogen-bond acceptors (Lipinski definition) is 5. The monoisotopic (exact) mass is 216 g/mol. The number of nitrogen functional groups attached to an aromatic ring is 2. The molecule has 0 unspecified atom stereocenters. The zero-order chi connectivity index (χ0) is 11.5. The highest BCUT2D eigenvalue weighted by Gasteiger charge is 2.09. The standard InChI is InChI=1S/C11H12N4O/c1-16-10-8(3-2-4-9(10)12)7-5-14-11(13)15-6-7/h2-6H,12H2,1H3,(H2,13,14,15). The van der Waals surface area contributed by atoms with Crippen molar-refractivity contribution in [3.05, 3.63) is 30.6 Å². The van der Waals surface area contributed by atoms with Gasteiger partial charge in [-0.15, -0.1) is 0 Å². The summed E-state index contributed by atoms with van der Waals surface area (Å²) in [4.78, 5) is 7.86. The Morgan fingerprint density at radius 1 is 1.12 bits per heavy atom. The number of hydrogen-bond donors (Lipinski definition) is 2. The predicted molar refractivity (Wildman–Crippen MR) is 62.8 cm³/mol. The largest absolute Gasteiger partial charge is 0.494 e. The summed E-state index contributed by atoms with van der Waals surface area (Å²) >= 11 is 0. The van der Waals surface area contributed by atoms with Crippen molar-refractivity contribution in [2.75, 3.05) is 18.6 Å². The Morgan fingerprint density at radius 2 is 1.81 bits per heavy atom. The minimum Gasteiger partial charge on any atom is -0.494 e. The van der Waals surface area contributed by atoms with Gasteiger partial charge in [0.1, 0.15) is 5.75 Å². The molecule has 0 bridgehead atoms. The molecule has 5 heteroatoms. The van der Waals surface area contributed by atoms with E-state index in [2.05, 4.69) is 9.97 Å². The fourth-order valence-corrected chi connectivity index (χ4v) is 1.49. The Bertz CT molecular complexity index is 496. The van der Waals surface area contributed by atoms with Crippen LogP contribution in [0.15, 0.2) is 30.6 Å². The molecule has 1 aromatic carbocycles. The number of aromatic nitrogens is 2. The molecule has 0 spiro atoms. The number of methoxy groups -OCH3 is 1. The lowest BCUT2D eigenvalue weighted by Crippen LogP contribution is -1.97. The van der Waals surface area contributed by atoms with E-state index >= 15 is 0 Å². The molecule has 0 saturated carbocycles. The molecule has 2 rings (SSSR count). The molecule has 0 aliphatic carbocycles. The molecule has 16 heavy (non-hydrogen) atoms. The number of ether oxygens (including phenoxy) is 1. The van der Waals surface area contributed by atoms with Gasteiger partial charge < -0.3 is 16.2 Å². The molecule has 0 aliphatic rings. The number of anilines is 2. The molecule has 4 N–H and O–H groups in total. The fourth-order valence-electron chi connectivity index (χ4n) is 1.49. The molecule has 1 aromatic heterocycles. The molecule has 0 amide bonds. The third-order valence-corrected chi connectivity index (χ3v) is 2.23. The highest BCUT2D eigenvalue weighted by atomic mass is 16.5. The van der Waals surface area contributed by atoms with Crippen LogP contribution in [0, 0.1) is 0 Å². The molecule has 0 fully saturated rings. The van der Waals surface area contributed by atoms with Crippen molar-refractivity contribution in [2.24, 2.45) is 0 Å². The van der Waals surface area contributed by atoms with Crippen molar-refractivity contribution in [1.29, 1.82) is 0 Å². The van der Waals surface area contributed by atoms with Crippen LogP contribution in [0.5, 0.6) is 5.75 Å². The van der Waals surface area contributed by atoms with Gasteiger partial charge in [-0.25, -0.2) is 9.97 Å². The van der Waals surface area contributed by atoms with Crippen LogP contribution in [0.2, 0.25) is 0 Å². The summed E-state index contributed by atoms with van der Waals surface area (Å²) in [5, 5.41) is 0. The average molecular weight is 216 g/mol. The van der Waals surface area contributed by atoms with E-state index in [1.54, 1.807) is 25.6 Å². The number of nitrogens with zero attached hydrogens (tertiary/aromatic N) is 2. The van der Waals surface area contributed by atoms with Crippen molar-refractivity contribution < 1.29 is 4.74 Å². The topological polar surface area (TPSA) is 87.0 Å². The molecule has 0 atom stereocenters. The SMILES string of the molecule is COc1c(N)cccc1-c1cnc(N)nc1. The maximum atomic E-state index is 5.81. The summed E-state index contributed by atoms with van der Waals surface area (Å²) in [5.41, 5.74) is 13.5. The molecule has 5 nitrogen and oxygen atoms in total. The molecular formula is C11H12N4O. The number of benzene rings is 1. The van der Waals surface area contributed by atoms with Gasteiger partial charge in [0.05, 0.1) is 12.8 Å². The second kappa shape index (κ2) is 4.06. The molecule has 0 radical (unpaired) electrons. The van der Waals surface area contributed by atoms with Crippen LogP contribution in [0.1, 0.15) is 0 Å². The van der Waals surface area contributed by atoms with E-state index in [0.717, 1.165) is 11.1 Å². The van der Waals surface area contributed by atoms with Crippen molar-refractivity contribution >= 4 is 11.6 Å². The summed E-state index contributed by atoms with van der Waals surface area (Å²) in [6, 6.07) is 5.52. The summed E-state index contributed by atoms with van der Waals surface area (Å²) in [7, 11) is 1.58. The van der Waals surface area contributed by atoms with E-state index < -0.39 is 0 Å². The van der Waals surface area contributed by atoms with Gasteiger partial charge in [0, 0.05) is 23.5 Å². The third-order valence-electron chi connectivity index (χ3n) is 2.23. The van der Waals surface area contributed by atoms with Crippen LogP contribution >= 0.6 is 0 Å². The lowest BCUT2D eigenvalue weighted by atomic mass is 10.1. The van der Waals surface area contributed by atoms with Crippen LogP contribution in [-0.4, -0.2) is 17.1 Å². The Labute approximate surface area is 93.1 Å². The van der Waals surface area contributed by atoms with E-state index in [-0.39, 0.29) is 5.95 Å². The normalized spacial score (nSPS) is 10.1. The van der Waals surface area contributed by atoms with E-state index in [4.69, 9.17) is 16.2 Å². The van der Waals surface area contributed by atoms with Gasteiger partial charge in [-0.3, -0.25) is 0 Å². The molecule has 0 aliphatic heterocycles. The zero-order valence-corrected chi connectivity index (χ0v) is 8.84. The second-order valence-corrected chi connectivity index (χ2v) is 3.26. The van der Waals surface area contributed by atoms with Gasteiger partial charge in [0.25, 0.3) is 0 Å². The van der Waals surface area contributed by atoms with E-state index in [9.17, 15) is 0 Å². The minimum atomic E-state index is 0.242. The zero-order valence-electron chi connectivity index (χ0n) is 8.84. The van der Waals surface area contributed by atoms with E-state index in [0.29, 0.717) is 11.4 Å². The van der Waals surface area contributed by atoms with Crippen LogP contribution in [0.4, 0.5) is 11.6 Å². The van der Waals surface area contributed by atoms with E-state index in [1.807, 2.05) is 12.1 Å². The Balaban J connectivity index is 2.55. The molecule has 0 saturated heterocycles. The van der Waals surface area contributed by atoms with Gasteiger partial charge in [0.15, 0.2) is 0 Å². The molecule has 2 aromatic rings. The van der Waals surface area contributed by atoms with Crippen LogP contribution < -0.4 is 16.2 Å². The smallest absolute Gasteiger partial charge is 0.219 e. The quantitative estimate of drug-likeness (QED) is 0.739.